The smallest absolute Gasteiger partial charge is 0.337 e. The van der Waals surface area contributed by atoms with Crippen LogP contribution in [-0.4, -0.2) is 34.7 Å². The number of amides is 2. The number of methoxy groups -OCH3 is 1. The van der Waals surface area contributed by atoms with Crippen molar-refractivity contribution in [3.05, 3.63) is 89.5 Å². The molecule has 3 aromatic rings. The Labute approximate surface area is 183 Å². The molecule has 0 saturated carbocycles. The quantitative estimate of drug-likeness (QED) is 0.418. The summed E-state index contributed by atoms with van der Waals surface area (Å²) in [5, 5.41) is 9.37. The van der Waals surface area contributed by atoms with E-state index in [-0.39, 0.29) is 24.6 Å². The van der Waals surface area contributed by atoms with Gasteiger partial charge in [0.2, 0.25) is 11.8 Å². The third-order valence-corrected chi connectivity index (χ3v) is 4.31. The number of benzene rings is 2. The van der Waals surface area contributed by atoms with Gasteiger partial charge < -0.3 is 15.4 Å². The molecule has 3 rings (SSSR count). The molecular formula is C23H21FN4O4. The summed E-state index contributed by atoms with van der Waals surface area (Å²) >= 11 is 0. The first-order valence-electron chi connectivity index (χ1n) is 9.64. The normalized spacial score (nSPS) is 10.7. The molecule has 32 heavy (non-hydrogen) atoms. The van der Waals surface area contributed by atoms with Crippen molar-refractivity contribution in [2.75, 3.05) is 12.4 Å². The summed E-state index contributed by atoms with van der Waals surface area (Å²) in [4.78, 5) is 36.4. The number of nitrogens with one attached hydrogen (secondary N) is 2. The van der Waals surface area contributed by atoms with Crippen molar-refractivity contribution in [1.82, 2.24) is 15.1 Å². The van der Waals surface area contributed by atoms with Crippen LogP contribution in [0.2, 0.25) is 0 Å². The van der Waals surface area contributed by atoms with Gasteiger partial charge in [0.05, 0.1) is 12.7 Å². The summed E-state index contributed by atoms with van der Waals surface area (Å²) in [6.45, 7) is 0.103. The molecule has 2 N–H and O–H groups in total. The first kappa shape index (κ1) is 22.4. The van der Waals surface area contributed by atoms with E-state index in [2.05, 4.69) is 15.7 Å². The van der Waals surface area contributed by atoms with E-state index in [4.69, 9.17) is 4.74 Å². The highest BCUT2D eigenvalue weighted by Crippen LogP contribution is 2.16. The first-order valence-corrected chi connectivity index (χ1v) is 9.64. The summed E-state index contributed by atoms with van der Waals surface area (Å²) in [7, 11) is 1.25. The highest BCUT2D eigenvalue weighted by atomic mass is 19.1. The zero-order valence-corrected chi connectivity index (χ0v) is 17.2. The fourth-order valence-corrected chi connectivity index (χ4v) is 2.87. The van der Waals surface area contributed by atoms with Crippen molar-refractivity contribution >= 4 is 29.5 Å². The largest absolute Gasteiger partial charge is 0.465 e. The number of hydrogen-bond acceptors (Lipinski definition) is 5. The van der Waals surface area contributed by atoms with Gasteiger partial charge in [-0.15, -0.1) is 0 Å². The van der Waals surface area contributed by atoms with Crippen LogP contribution in [0.1, 0.15) is 21.5 Å². The molecule has 8 nitrogen and oxygen atoms in total. The molecular weight excluding hydrogens is 415 g/mol. The number of ether oxygens (including phenoxy) is 1. The monoisotopic (exact) mass is 436 g/mol. The molecule has 0 radical (unpaired) electrons. The second-order valence-corrected chi connectivity index (χ2v) is 6.77. The number of hydrogen-bond donors (Lipinski definition) is 2. The second kappa shape index (κ2) is 10.7. The van der Waals surface area contributed by atoms with Crippen molar-refractivity contribution in [3.63, 3.8) is 0 Å². The number of esters is 1. The fraction of sp³-hybridized carbons (Fsp3) is 0.130. The number of anilines is 1. The Morgan fingerprint density at radius 3 is 2.72 bits per heavy atom. The molecule has 0 aliphatic rings. The molecule has 0 bridgehead atoms. The summed E-state index contributed by atoms with van der Waals surface area (Å²) in [5.41, 5.74) is 1.73. The SMILES string of the molecule is COC(=O)c1cc(CNC(=O)/C=C/c2cccc(F)c2)cc(NC(=O)Cn2cccn2)c1. The van der Waals surface area contributed by atoms with Crippen LogP contribution in [0, 0.1) is 5.82 Å². The Bertz CT molecular complexity index is 1140. The summed E-state index contributed by atoms with van der Waals surface area (Å²) in [6, 6.07) is 12.2. The molecule has 0 unspecified atom stereocenters. The molecule has 0 spiro atoms. The van der Waals surface area contributed by atoms with Crippen molar-refractivity contribution in [3.8, 4) is 0 Å². The van der Waals surface area contributed by atoms with E-state index in [1.54, 1.807) is 42.7 Å². The van der Waals surface area contributed by atoms with Gasteiger partial charge in [0.15, 0.2) is 0 Å². The fourth-order valence-electron chi connectivity index (χ4n) is 2.87. The molecule has 2 amide bonds. The standard InChI is InChI=1S/C23H21FN4O4/c1-32-23(31)18-10-17(12-20(13-18)27-22(30)15-28-9-3-8-26-28)14-25-21(29)7-6-16-4-2-5-19(24)11-16/h2-13H,14-15H2,1H3,(H,25,29)(H,27,30)/b7-6+. The first-order chi connectivity index (χ1) is 15.4. The molecule has 0 aliphatic heterocycles. The Hall–Kier alpha value is -4.27. The van der Waals surface area contributed by atoms with Crippen LogP contribution in [0.15, 0.2) is 67.0 Å². The lowest BCUT2D eigenvalue weighted by molar-refractivity contribution is -0.117. The third kappa shape index (κ3) is 6.63. The van der Waals surface area contributed by atoms with Gasteiger partial charge in [-0.3, -0.25) is 14.3 Å². The van der Waals surface area contributed by atoms with Crippen molar-refractivity contribution in [2.45, 2.75) is 13.1 Å². The molecule has 0 fully saturated rings. The van der Waals surface area contributed by atoms with Crippen LogP contribution >= 0.6 is 0 Å². The lowest BCUT2D eigenvalue weighted by Crippen LogP contribution is -2.22. The van der Waals surface area contributed by atoms with Gasteiger partial charge in [0, 0.05) is 30.7 Å². The van der Waals surface area contributed by atoms with Gasteiger partial charge in [-0.1, -0.05) is 12.1 Å². The zero-order valence-electron chi connectivity index (χ0n) is 17.2. The molecule has 0 aliphatic carbocycles. The minimum absolute atomic E-state index is 0.00635. The van der Waals surface area contributed by atoms with Crippen LogP contribution < -0.4 is 10.6 Å². The maximum atomic E-state index is 13.2. The average molecular weight is 436 g/mol. The van der Waals surface area contributed by atoms with Crippen molar-refractivity contribution in [2.24, 2.45) is 0 Å². The predicted octanol–water partition coefficient (Wildman–Crippen LogP) is 2.78. The van der Waals surface area contributed by atoms with Gasteiger partial charge >= 0.3 is 5.97 Å². The molecule has 164 valence electrons. The van der Waals surface area contributed by atoms with Gasteiger partial charge in [0.25, 0.3) is 0 Å². The zero-order chi connectivity index (χ0) is 22.9. The Balaban J connectivity index is 1.67. The topological polar surface area (TPSA) is 102 Å². The maximum Gasteiger partial charge on any atom is 0.337 e. The minimum Gasteiger partial charge on any atom is -0.465 e. The Morgan fingerprint density at radius 1 is 1.16 bits per heavy atom. The van der Waals surface area contributed by atoms with E-state index in [1.807, 2.05) is 0 Å². The van der Waals surface area contributed by atoms with E-state index in [9.17, 15) is 18.8 Å². The van der Waals surface area contributed by atoms with Crippen molar-refractivity contribution < 1.29 is 23.5 Å². The Morgan fingerprint density at radius 2 is 2.00 bits per heavy atom. The lowest BCUT2D eigenvalue weighted by atomic mass is 10.1. The number of halogens is 1. The molecule has 0 atom stereocenters. The highest BCUT2D eigenvalue weighted by molar-refractivity contribution is 5.95. The number of aromatic nitrogens is 2. The van der Waals surface area contributed by atoms with Gasteiger partial charge in [-0.25, -0.2) is 9.18 Å². The Kier molecular flexibility index (Phi) is 7.47. The third-order valence-electron chi connectivity index (χ3n) is 4.31. The van der Waals surface area contributed by atoms with E-state index < -0.39 is 17.7 Å². The molecule has 1 aromatic heterocycles. The van der Waals surface area contributed by atoms with Gasteiger partial charge in [-0.2, -0.15) is 5.10 Å². The predicted molar refractivity (Wildman–Crippen MR) is 116 cm³/mol. The van der Waals surface area contributed by atoms with Gasteiger partial charge in [-0.05, 0) is 53.6 Å². The van der Waals surface area contributed by atoms with Crippen LogP contribution in [0.3, 0.4) is 0 Å². The number of nitrogens with zero attached hydrogens (tertiary/aromatic N) is 2. The number of carbonyl (C=O) groups is 3. The number of carbonyl (C=O) groups excluding carboxylic acids is 3. The average Bonchev–Trinajstić information content (AvgIpc) is 3.28. The molecule has 1 heterocycles. The highest BCUT2D eigenvalue weighted by Gasteiger charge is 2.12. The molecule has 0 saturated heterocycles. The molecule has 9 heteroatoms. The molecule has 2 aromatic carbocycles. The summed E-state index contributed by atoms with van der Waals surface area (Å²) < 4.78 is 19.4. The maximum absolute atomic E-state index is 13.2. The van der Waals surface area contributed by atoms with E-state index in [0.29, 0.717) is 16.8 Å². The van der Waals surface area contributed by atoms with Crippen LogP contribution in [-0.2, 0) is 27.4 Å². The summed E-state index contributed by atoms with van der Waals surface area (Å²) in [5.74, 6) is -1.70. The second-order valence-electron chi connectivity index (χ2n) is 6.77. The van der Waals surface area contributed by atoms with Gasteiger partial charge in [0.1, 0.15) is 12.4 Å². The minimum atomic E-state index is -0.577. The van der Waals surface area contributed by atoms with E-state index in [1.165, 1.54) is 42.1 Å². The van der Waals surface area contributed by atoms with E-state index in [0.717, 1.165) is 0 Å². The lowest BCUT2D eigenvalue weighted by Gasteiger charge is -2.11. The van der Waals surface area contributed by atoms with Crippen LogP contribution in [0.25, 0.3) is 6.08 Å². The van der Waals surface area contributed by atoms with E-state index >= 15 is 0 Å². The number of rotatable bonds is 8. The van der Waals surface area contributed by atoms with Crippen LogP contribution in [0.5, 0.6) is 0 Å². The van der Waals surface area contributed by atoms with Crippen molar-refractivity contribution in [1.29, 1.82) is 0 Å². The van der Waals surface area contributed by atoms with Crippen LogP contribution in [0.4, 0.5) is 10.1 Å². The summed E-state index contributed by atoms with van der Waals surface area (Å²) in [6.07, 6.45) is 5.99.